The number of nitrogens with one attached hydrogen (secondary N) is 2. The number of halogens is 2. The Balaban J connectivity index is 2.50. The van der Waals surface area contributed by atoms with Crippen molar-refractivity contribution in [3.8, 4) is 5.75 Å². The highest BCUT2D eigenvalue weighted by atomic mass is 19.3. The molecule has 0 aliphatic carbocycles. The zero-order valence-corrected chi connectivity index (χ0v) is 12.1. The molecule has 0 heterocycles. The van der Waals surface area contributed by atoms with Crippen molar-refractivity contribution in [2.24, 2.45) is 0 Å². The zero-order chi connectivity index (χ0) is 16.0. The smallest absolute Gasteiger partial charge is 0.426 e. The summed E-state index contributed by atoms with van der Waals surface area (Å²) in [5.74, 6) is 0.0432. The van der Waals surface area contributed by atoms with Gasteiger partial charge < -0.3 is 9.47 Å². The average Bonchev–Trinajstić information content (AvgIpc) is 2.34. The van der Waals surface area contributed by atoms with Crippen molar-refractivity contribution in [3.63, 3.8) is 0 Å². The highest BCUT2D eigenvalue weighted by molar-refractivity contribution is 5.70. The van der Waals surface area contributed by atoms with Gasteiger partial charge in [0.05, 0.1) is 5.70 Å². The second-order valence-corrected chi connectivity index (χ2v) is 5.13. The van der Waals surface area contributed by atoms with E-state index in [0.717, 1.165) is 0 Å². The Labute approximate surface area is 121 Å². The quantitative estimate of drug-likeness (QED) is 0.819. The van der Waals surface area contributed by atoms with Gasteiger partial charge in [-0.15, -0.1) is 0 Å². The van der Waals surface area contributed by atoms with E-state index in [9.17, 15) is 13.6 Å². The van der Waals surface area contributed by atoms with Crippen LogP contribution in [0.1, 0.15) is 26.3 Å². The number of carbonyl (C=O) groups excluding carboxylic acids is 1. The largest absolute Gasteiger partial charge is 0.443 e. The molecule has 0 radical (unpaired) electrons. The predicted octanol–water partition coefficient (Wildman–Crippen LogP) is 3.29. The Bertz CT molecular complexity index is 496. The van der Waals surface area contributed by atoms with Crippen LogP contribution in [0.2, 0.25) is 0 Å². The molecule has 0 atom stereocenters. The number of benzene rings is 1. The monoisotopic (exact) mass is 300 g/mol. The number of alkyl halides is 2. The molecular formula is C14H18F2N2O3. The first-order chi connectivity index (χ1) is 9.67. The lowest BCUT2D eigenvalue weighted by Gasteiger charge is -2.20. The van der Waals surface area contributed by atoms with Crippen LogP contribution in [0.4, 0.5) is 13.6 Å². The number of amides is 1. The summed E-state index contributed by atoms with van der Waals surface area (Å²) in [6.07, 6.45) is -0.652. The molecular weight excluding hydrogens is 282 g/mol. The molecule has 1 amide bonds. The summed E-state index contributed by atoms with van der Waals surface area (Å²) < 4.78 is 33.3. The molecule has 0 aromatic heterocycles. The second-order valence-electron chi connectivity index (χ2n) is 5.13. The van der Waals surface area contributed by atoms with Crippen LogP contribution in [0.25, 0.3) is 5.70 Å². The molecule has 1 aromatic rings. The standard InChI is InChI=1S/C14H18F2N2O3/c1-9(17-18-13(19)21-14(2,3)4)10-5-7-11(8-6-10)20-12(15)16/h5-8,12,17H,1H2,2-4H3,(H,18,19). The topological polar surface area (TPSA) is 59.6 Å². The summed E-state index contributed by atoms with van der Waals surface area (Å²) in [4.78, 5) is 11.4. The van der Waals surface area contributed by atoms with Gasteiger partial charge in [0, 0.05) is 0 Å². The molecule has 5 nitrogen and oxygen atoms in total. The van der Waals surface area contributed by atoms with Crippen LogP contribution in [-0.4, -0.2) is 18.3 Å². The van der Waals surface area contributed by atoms with Crippen LogP contribution >= 0.6 is 0 Å². The zero-order valence-electron chi connectivity index (χ0n) is 12.1. The van der Waals surface area contributed by atoms with Gasteiger partial charge in [0.25, 0.3) is 0 Å². The normalized spacial score (nSPS) is 11.0. The second kappa shape index (κ2) is 6.92. The number of hydrazine groups is 1. The van der Waals surface area contributed by atoms with Crippen molar-refractivity contribution < 1.29 is 23.0 Å². The van der Waals surface area contributed by atoms with E-state index in [1.165, 1.54) is 24.3 Å². The maximum atomic E-state index is 12.0. The molecule has 0 aliphatic rings. The van der Waals surface area contributed by atoms with Gasteiger partial charge in [0.2, 0.25) is 0 Å². The van der Waals surface area contributed by atoms with Crippen molar-refractivity contribution in [1.82, 2.24) is 10.9 Å². The molecule has 116 valence electrons. The first kappa shape index (κ1) is 16.7. The van der Waals surface area contributed by atoms with Gasteiger partial charge in [-0.25, -0.2) is 10.2 Å². The van der Waals surface area contributed by atoms with Crippen LogP contribution < -0.4 is 15.6 Å². The summed E-state index contributed by atoms with van der Waals surface area (Å²) in [5.41, 5.74) is 5.27. The Morgan fingerprint density at radius 2 is 1.76 bits per heavy atom. The molecule has 7 heteroatoms. The van der Waals surface area contributed by atoms with Crippen LogP contribution in [0.3, 0.4) is 0 Å². The van der Waals surface area contributed by atoms with E-state index >= 15 is 0 Å². The van der Waals surface area contributed by atoms with E-state index in [-0.39, 0.29) is 5.75 Å². The van der Waals surface area contributed by atoms with Crippen molar-refractivity contribution in [2.45, 2.75) is 33.0 Å². The minimum atomic E-state index is -2.87. The first-order valence-electron chi connectivity index (χ1n) is 6.16. The summed E-state index contributed by atoms with van der Waals surface area (Å²) >= 11 is 0. The summed E-state index contributed by atoms with van der Waals surface area (Å²) in [6, 6.07) is 5.82. The third-order valence-corrected chi connectivity index (χ3v) is 2.14. The number of hydrogen-bond donors (Lipinski definition) is 2. The van der Waals surface area contributed by atoms with Crippen LogP contribution in [0.5, 0.6) is 5.75 Å². The van der Waals surface area contributed by atoms with Gasteiger partial charge in [-0.1, -0.05) is 6.58 Å². The Hall–Kier alpha value is -2.31. The van der Waals surface area contributed by atoms with Gasteiger partial charge in [0.1, 0.15) is 11.4 Å². The Morgan fingerprint density at radius 3 is 2.24 bits per heavy atom. The summed E-state index contributed by atoms with van der Waals surface area (Å²) in [5, 5.41) is 0. The minimum Gasteiger partial charge on any atom is -0.443 e. The summed E-state index contributed by atoms with van der Waals surface area (Å²) in [7, 11) is 0. The molecule has 0 saturated carbocycles. The van der Waals surface area contributed by atoms with Crippen molar-refractivity contribution in [1.29, 1.82) is 0 Å². The van der Waals surface area contributed by atoms with Crippen molar-refractivity contribution in [3.05, 3.63) is 36.4 Å². The minimum absolute atomic E-state index is 0.0432. The number of hydrogen-bond acceptors (Lipinski definition) is 4. The molecule has 0 saturated heterocycles. The van der Waals surface area contributed by atoms with E-state index in [1.807, 2.05) is 0 Å². The van der Waals surface area contributed by atoms with E-state index in [2.05, 4.69) is 22.2 Å². The summed E-state index contributed by atoms with van der Waals surface area (Å²) in [6.45, 7) is 6.06. The number of carbonyl (C=O) groups is 1. The van der Waals surface area contributed by atoms with E-state index in [1.54, 1.807) is 20.8 Å². The number of ether oxygens (including phenoxy) is 2. The van der Waals surface area contributed by atoms with E-state index < -0.39 is 18.3 Å². The van der Waals surface area contributed by atoms with Gasteiger partial charge in [-0.2, -0.15) is 8.78 Å². The highest BCUT2D eigenvalue weighted by Gasteiger charge is 2.15. The van der Waals surface area contributed by atoms with Gasteiger partial charge >= 0.3 is 12.7 Å². The van der Waals surface area contributed by atoms with Gasteiger partial charge in [-0.3, -0.25) is 5.43 Å². The molecule has 0 fully saturated rings. The third kappa shape index (κ3) is 6.60. The van der Waals surface area contributed by atoms with Gasteiger partial charge in [-0.05, 0) is 50.6 Å². The van der Waals surface area contributed by atoms with Crippen molar-refractivity contribution in [2.75, 3.05) is 0 Å². The molecule has 0 unspecified atom stereocenters. The van der Waals surface area contributed by atoms with E-state index in [4.69, 9.17) is 4.74 Å². The molecule has 2 N–H and O–H groups in total. The molecule has 1 aromatic carbocycles. The first-order valence-corrected chi connectivity index (χ1v) is 6.16. The third-order valence-electron chi connectivity index (χ3n) is 2.14. The lowest BCUT2D eigenvalue weighted by atomic mass is 10.2. The SMILES string of the molecule is C=C(NNC(=O)OC(C)(C)C)c1ccc(OC(F)F)cc1. The fraction of sp³-hybridized carbons (Fsp3) is 0.357. The Morgan fingerprint density at radius 1 is 1.19 bits per heavy atom. The van der Waals surface area contributed by atoms with Crippen LogP contribution in [0.15, 0.2) is 30.8 Å². The predicted molar refractivity (Wildman–Crippen MR) is 74.6 cm³/mol. The van der Waals surface area contributed by atoms with Crippen LogP contribution in [0, 0.1) is 0 Å². The van der Waals surface area contributed by atoms with Crippen LogP contribution in [-0.2, 0) is 4.74 Å². The fourth-order valence-corrected chi connectivity index (χ4v) is 1.34. The van der Waals surface area contributed by atoms with Crippen molar-refractivity contribution >= 4 is 11.8 Å². The van der Waals surface area contributed by atoms with E-state index in [0.29, 0.717) is 11.3 Å². The molecule has 0 spiro atoms. The maximum absolute atomic E-state index is 12.0. The maximum Gasteiger partial charge on any atom is 0.426 e. The lowest BCUT2D eigenvalue weighted by Crippen LogP contribution is -2.40. The molecule has 1 rings (SSSR count). The molecule has 0 bridgehead atoms. The molecule has 21 heavy (non-hydrogen) atoms. The number of rotatable bonds is 5. The fourth-order valence-electron chi connectivity index (χ4n) is 1.34. The average molecular weight is 300 g/mol. The lowest BCUT2D eigenvalue weighted by molar-refractivity contribution is -0.0498. The highest BCUT2D eigenvalue weighted by Crippen LogP contribution is 2.17. The molecule has 0 aliphatic heterocycles. The van der Waals surface area contributed by atoms with Gasteiger partial charge in [0.15, 0.2) is 0 Å². The Kier molecular flexibility index (Phi) is 5.52.